The Labute approximate surface area is 125 Å². The Morgan fingerprint density at radius 3 is 2.71 bits per heavy atom. The summed E-state index contributed by atoms with van der Waals surface area (Å²) in [6.45, 7) is 4.78. The highest BCUT2D eigenvalue weighted by atomic mass is 16.2. The molecule has 3 N–H and O–H groups in total. The number of nitrogens with one attached hydrogen (secondary N) is 3. The Balaban J connectivity index is 1.89. The summed E-state index contributed by atoms with van der Waals surface area (Å²) >= 11 is 0. The minimum Gasteiger partial charge on any atom is -0.352 e. The number of hydrogen-bond acceptors (Lipinski definition) is 3. The molecule has 1 aliphatic heterocycles. The van der Waals surface area contributed by atoms with Crippen LogP contribution in [0.1, 0.15) is 35.7 Å². The molecule has 0 atom stereocenters. The van der Waals surface area contributed by atoms with E-state index in [9.17, 15) is 9.59 Å². The van der Waals surface area contributed by atoms with Gasteiger partial charge in [-0.3, -0.25) is 9.59 Å². The average Bonchev–Trinajstić information content (AvgIpc) is 2.54. The maximum Gasteiger partial charge on any atom is 0.251 e. The summed E-state index contributed by atoms with van der Waals surface area (Å²) in [6, 6.07) is 7.37. The lowest BCUT2D eigenvalue weighted by Crippen LogP contribution is -2.37. The molecule has 2 rings (SSSR count). The van der Waals surface area contributed by atoms with Crippen molar-refractivity contribution in [3.8, 4) is 0 Å². The van der Waals surface area contributed by atoms with Gasteiger partial charge in [0.2, 0.25) is 5.91 Å². The van der Waals surface area contributed by atoms with Gasteiger partial charge >= 0.3 is 0 Å². The SMILES string of the molecule is CCNC(=O)c1cccc(CNC(=O)C2CCNCC2)c1. The lowest BCUT2D eigenvalue weighted by atomic mass is 9.97. The lowest BCUT2D eigenvalue weighted by molar-refractivity contribution is -0.125. The molecule has 1 aliphatic rings. The maximum absolute atomic E-state index is 12.1. The highest BCUT2D eigenvalue weighted by molar-refractivity contribution is 5.94. The maximum atomic E-state index is 12.1. The van der Waals surface area contributed by atoms with Crippen LogP contribution in [0.4, 0.5) is 0 Å². The molecule has 0 aliphatic carbocycles. The van der Waals surface area contributed by atoms with Gasteiger partial charge in [0.05, 0.1) is 0 Å². The highest BCUT2D eigenvalue weighted by Gasteiger charge is 2.20. The van der Waals surface area contributed by atoms with E-state index in [2.05, 4.69) is 16.0 Å². The molecule has 2 amide bonds. The second-order valence-electron chi connectivity index (χ2n) is 5.30. The Kier molecular flexibility index (Phi) is 5.75. The first-order chi connectivity index (χ1) is 10.2. The first-order valence-corrected chi connectivity index (χ1v) is 7.56. The number of benzene rings is 1. The van der Waals surface area contributed by atoms with Gasteiger partial charge < -0.3 is 16.0 Å². The van der Waals surface area contributed by atoms with Gasteiger partial charge in [0.1, 0.15) is 0 Å². The number of rotatable bonds is 5. The quantitative estimate of drug-likeness (QED) is 0.759. The monoisotopic (exact) mass is 289 g/mol. The highest BCUT2D eigenvalue weighted by Crippen LogP contribution is 2.12. The molecule has 0 spiro atoms. The van der Waals surface area contributed by atoms with Gasteiger partial charge in [-0.25, -0.2) is 0 Å². The molecule has 0 saturated carbocycles. The molecule has 1 saturated heterocycles. The summed E-state index contributed by atoms with van der Waals surface area (Å²) in [4.78, 5) is 23.9. The van der Waals surface area contributed by atoms with Crippen LogP contribution >= 0.6 is 0 Å². The second kappa shape index (κ2) is 7.78. The summed E-state index contributed by atoms with van der Waals surface area (Å²) in [6.07, 6.45) is 1.79. The van der Waals surface area contributed by atoms with Gasteiger partial charge in [-0.2, -0.15) is 0 Å². The van der Waals surface area contributed by atoms with Crippen LogP contribution in [0.2, 0.25) is 0 Å². The Bertz CT molecular complexity index is 496. The molecule has 21 heavy (non-hydrogen) atoms. The summed E-state index contributed by atoms with van der Waals surface area (Å²) in [7, 11) is 0. The first kappa shape index (κ1) is 15.5. The largest absolute Gasteiger partial charge is 0.352 e. The van der Waals surface area contributed by atoms with Gasteiger partial charge in [0.15, 0.2) is 0 Å². The van der Waals surface area contributed by atoms with Gasteiger partial charge in [0, 0.05) is 24.6 Å². The predicted octanol–water partition coefficient (Wildman–Crippen LogP) is 1.05. The molecule has 1 heterocycles. The van der Waals surface area contributed by atoms with Crippen LogP contribution in [0.25, 0.3) is 0 Å². The van der Waals surface area contributed by atoms with Crippen molar-refractivity contribution < 1.29 is 9.59 Å². The standard InChI is InChI=1S/C16H23N3O2/c1-2-18-16(21)14-5-3-4-12(10-14)11-19-15(20)13-6-8-17-9-7-13/h3-5,10,13,17H,2,6-9,11H2,1H3,(H,18,21)(H,19,20). The molecule has 1 aromatic carbocycles. The van der Waals surface area contributed by atoms with E-state index < -0.39 is 0 Å². The van der Waals surface area contributed by atoms with Crippen LogP contribution < -0.4 is 16.0 Å². The minimum atomic E-state index is -0.0796. The van der Waals surface area contributed by atoms with Gasteiger partial charge in [-0.15, -0.1) is 0 Å². The molecule has 0 radical (unpaired) electrons. The third kappa shape index (κ3) is 4.56. The minimum absolute atomic E-state index is 0.0796. The fourth-order valence-electron chi connectivity index (χ4n) is 2.50. The average molecular weight is 289 g/mol. The van der Waals surface area contributed by atoms with Crippen LogP contribution in [0.15, 0.2) is 24.3 Å². The van der Waals surface area contributed by atoms with Crippen LogP contribution in [0.3, 0.4) is 0 Å². The third-order valence-corrected chi connectivity index (χ3v) is 3.70. The number of hydrogen-bond donors (Lipinski definition) is 3. The summed E-state index contributed by atoms with van der Waals surface area (Å²) < 4.78 is 0. The molecule has 1 fully saturated rings. The Morgan fingerprint density at radius 2 is 2.00 bits per heavy atom. The van der Waals surface area contributed by atoms with Crippen LogP contribution in [0, 0.1) is 5.92 Å². The zero-order valence-electron chi connectivity index (χ0n) is 12.4. The number of amides is 2. The number of carbonyl (C=O) groups excluding carboxylic acids is 2. The zero-order chi connectivity index (χ0) is 15.1. The van der Waals surface area contributed by atoms with Crippen LogP contribution in [-0.2, 0) is 11.3 Å². The lowest BCUT2D eigenvalue weighted by Gasteiger charge is -2.21. The zero-order valence-corrected chi connectivity index (χ0v) is 12.4. The van der Waals surface area contributed by atoms with Crippen molar-refractivity contribution in [1.29, 1.82) is 0 Å². The number of piperidine rings is 1. The topological polar surface area (TPSA) is 70.2 Å². The predicted molar refractivity (Wildman–Crippen MR) is 81.9 cm³/mol. The van der Waals surface area contributed by atoms with E-state index in [4.69, 9.17) is 0 Å². The molecular weight excluding hydrogens is 266 g/mol. The van der Waals surface area contributed by atoms with E-state index in [0.29, 0.717) is 18.7 Å². The fourth-order valence-corrected chi connectivity index (χ4v) is 2.50. The fraction of sp³-hybridized carbons (Fsp3) is 0.500. The third-order valence-electron chi connectivity index (χ3n) is 3.70. The van der Waals surface area contributed by atoms with Gasteiger partial charge in [-0.05, 0) is 50.6 Å². The Morgan fingerprint density at radius 1 is 1.24 bits per heavy atom. The molecule has 0 bridgehead atoms. The molecule has 5 heteroatoms. The van der Waals surface area contributed by atoms with E-state index >= 15 is 0 Å². The molecule has 0 aromatic heterocycles. The van der Waals surface area contributed by atoms with Crippen molar-refractivity contribution in [3.63, 3.8) is 0 Å². The van der Waals surface area contributed by atoms with Crippen molar-refractivity contribution in [2.45, 2.75) is 26.3 Å². The van der Waals surface area contributed by atoms with Crippen molar-refractivity contribution in [2.75, 3.05) is 19.6 Å². The van der Waals surface area contributed by atoms with Crippen LogP contribution in [0.5, 0.6) is 0 Å². The van der Waals surface area contributed by atoms with Gasteiger partial charge in [-0.1, -0.05) is 12.1 Å². The van der Waals surface area contributed by atoms with E-state index in [-0.39, 0.29) is 17.7 Å². The van der Waals surface area contributed by atoms with E-state index in [1.165, 1.54) is 0 Å². The van der Waals surface area contributed by atoms with E-state index in [1.807, 2.05) is 25.1 Å². The van der Waals surface area contributed by atoms with E-state index in [1.54, 1.807) is 6.07 Å². The molecule has 1 aromatic rings. The molecule has 5 nitrogen and oxygen atoms in total. The number of carbonyl (C=O) groups is 2. The van der Waals surface area contributed by atoms with Crippen molar-refractivity contribution >= 4 is 11.8 Å². The van der Waals surface area contributed by atoms with Crippen molar-refractivity contribution in [3.05, 3.63) is 35.4 Å². The molecule has 0 unspecified atom stereocenters. The van der Waals surface area contributed by atoms with Crippen molar-refractivity contribution in [1.82, 2.24) is 16.0 Å². The van der Waals surface area contributed by atoms with E-state index in [0.717, 1.165) is 31.5 Å². The Hall–Kier alpha value is -1.88. The smallest absolute Gasteiger partial charge is 0.251 e. The summed E-state index contributed by atoms with van der Waals surface area (Å²) in [5.41, 5.74) is 1.58. The van der Waals surface area contributed by atoms with Crippen molar-refractivity contribution in [2.24, 2.45) is 5.92 Å². The van der Waals surface area contributed by atoms with Gasteiger partial charge in [0.25, 0.3) is 5.91 Å². The second-order valence-corrected chi connectivity index (χ2v) is 5.30. The molecule has 114 valence electrons. The van der Waals surface area contributed by atoms with Crippen LogP contribution in [-0.4, -0.2) is 31.4 Å². The molecular formula is C16H23N3O2. The normalized spacial score (nSPS) is 15.5. The first-order valence-electron chi connectivity index (χ1n) is 7.56. The summed E-state index contributed by atoms with van der Waals surface area (Å²) in [5, 5.41) is 8.99. The summed E-state index contributed by atoms with van der Waals surface area (Å²) in [5.74, 6) is 0.141.